The second kappa shape index (κ2) is 6.12. The second-order valence-electron chi connectivity index (χ2n) is 4.00. The molecule has 0 N–H and O–H groups in total. The van der Waals surface area contributed by atoms with Crippen molar-refractivity contribution in [3.63, 3.8) is 0 Å². The SMILES string of the molecule is O=C(C=CC(=O)N1CCOCC1)c1ccccc1. The fraction of sp³-hybridized carbons (Fsp3) is 0.286. The molecule has 94 valence electrons. The lowest BCUT2D eigenvalue weighted by Crippen LogP contribution is -2.39. The van der Waals surface area contributed by atoms with Crippen LogP contribution >= 0.6 is 0 Å². The Kier molecular flexibility index (Phi) is 4.25. The van der Waals surface area contributed by atoms with Crippen LogP contribution in [0.5, 0.6) is 0 Å². The maximum Gasteiger partial charge on any atom is 0.246 e. The van der Waals surface area contributed by atoms with Crippen LogP contribution in [0.25, 0.3) is 0 Å². The maximum atomic E-state index is 11.8. The van der Waals surface area contributed by atoms with Gasteiger partial charge in [0.2, 0.25) is 5.91 Å². The Bertz CT molecular complexity index is 447. The van der Waals surface area contributed by atoms with E-state index >= 15 is 0 Å². The highest BCUT2D eigenvalue weighted by Crippen LogP contribution is 2.02. The van der Waals surface area contributed by atoms with Gasteiger partial charge in [0.25, 0.3) is 0 Å². The van der Waals surface area contributed by atoms with Crippen molar-refractivity contribution in [2.75, 3.05) is 26.3 Å². The molecule has 0 aliphatic carbocycles. The molecule has 0 bridgehead atoms. The number of amides is 1. The van der Waals surface area contributed by atoms with E-state index in [2.05, 4.69) is 0 Å². The van der Waals surface area contributed by atoms with Crippen molar-refractivity contribution in [2.24, 2.45) is 0 Å². The zero-order valence-corrected chi connectivity index (χ0v) is 10.0. The van der Waals surface area contributed by atoms with Crippen LogP contribution in [0, 0.1) is 0 Å². The van der Waals surface area contributed by atoms with Gasteiger partial charge in [0, 0.05) is 24.7 Å². The summed E-state index contributed by atoms with van der Waals surface area (Å²) in [6.07, 6.45) is 2.66. The number of carbonyl (C=O) groups excluding carboxylic acids is 2. The molecule has 1 aliphatic rings. The number of benzene rings is 1. The van der Waals surface area contributed by atoms with Crippen LogP contribution in [0.3, 0.4) is 0 Å². The van der Waals surface area contributed by atoms with Crippen molar-refractivity contribution in [1.29, 1.82) is 0 Å². The molecule has 0 saturated carbocycles. The number of allylic oxidation sites excluding steroid dienone is 1. The van der Waals surface area contributed by atoms with Gasteiger partial charge in [-0.15, -0.1) is 0 Å². The van der Waals surface area contributed by atoms with Crippen LogP contribution in [0.1, 0.15) is 10.4 Å². The summed E-state index contributed by atoms with van der Waals surface area (Å²) in [4.78, 5) is 25.2. The molecule has 1 amide bonds. The minimum absolute atomic E-state index is 0.136. The third kappa shape index (κ3) is 3.28. The zero-order chi connectivity index (χ0) is 12.8. The summed E-state index contributed by atoms with van der Waals surface area (Å²) >= 11 is 0. The number of ether oxygens (including phenoxy) is 1. The molecule has 4 nitrogen and oxygen atoms in total. The number of carbonyl (C=O) groups is 2. The molecule has 0 spiro atoms. The Balaban J connectivity index is 1.94. The zero-order valence-electron chi connectivity index (χ0n) is 10.0. The van der Waals surface area contributed by atoms with Crippen LogP contribution in [0.2, 0.25) is 0 Å². The third-order valence-corrected chi connectivity index (χ3v) is 2.76. The molecular weight excluding hydrogens is 230 g/mol. The number of ketones is 1. The third-order valence-electron chi connectivity index (χ3n) is 2.76. The van der Waals surface area contributed by atoms with Crippen molar-refractivity contribution in [2.45, 2.75) is 0 Å². The molecule has 1 fully saturated rings. The van der Waals surface area contributed by atoms with Gasteiger partial charge in [-0.3, -0.25) is 9.59 Å². The van der Waals surface area contributed by atoms with Gasteiger partial charge < -0.3 is 9.64 Å². The Hall–Kier alpha value is -1.94. The summed E-state index contributed by atoms with van der Waals surface area (Å²) in [6.45, 7) is 2.30. The summed E-state index contributed by atoms with van der Waals surface area (Å²) in [5.74, 6) is -0.292. The fourth-order valence-electron chi connectivity index (χ4n) is 1.73. The van der Waals surface area contributed by atoms with Gasteiger partial charge >= 0.3 is 0 Å². The lowest BCUT2D eigenvalue weighted by molar-refractivity contribution is -0.129. The Labute approximate surface area is 106 Å². The molecule has 1 aromatic carbocycles. The van der Waals surface area contributed by atoms with Gasteiger partial charge in [0.1, 0.15) is 0 Å². The van der Waals surface area contributed by atoms with Gasteiger partial charge in [-0.05, 0) is 6.08 Å². The van der Waals surface area contributed by atoms with Crippen molar-refractivity contribution in [3.8, 4) is 0 Å². The molecular formula is C14H15NO3. The van der Waals surface area contributed by atoms with Crippen LogP contribution in [-0.2, 0) is 9.53 Å². The van der Waals surface area contributed by atoms with Crippen molar-refractivity contribution in [3.05, 3.63) is 48.0 Å². The molecule has 1 aromatic rings. The average Bonchev–Trinajstić information content (AvgIpc) is 2.46. The van der Waals surface area contributed by atoms with Crippen LogP contribution < -0.4 is 0 Å². The highest BCUT2D eigenvalue weighted by atomic mass is 16.5. The Morgan fingerprint density at radius 2 is 1.72 bits per heavy atom. The molecule has 1 aliphatic heterocycles. The van der Waals surface area contributed by atoms with E-state index in [1.54, 1.807) is 29.2 Å². The molecule has 2 rings (SSSR count). The van der Waals surface area contributed by atoms with E-state index in [4.69, 9.17) is 4.74 Å². The van der Waals surface area contributed by atoms with E-state index in [0.29, 0.717) is 31.9 Å². The maximum absolute atomic E-state index is 11.8. The first-order valence-electron chi connectivity index (χ1n) is 5.91. The Morgan fingerprint density at radius 3 is 2.39 bits per heavy atom. The summed E-state index contributed by atoms with van der Waals surface area (Å²) in [5, 5.41) is 0. The summed E-state index contributed by atoms with van der Waals surface area (Å²) in [6, 6.07) is 8.90. The van der Waals surface area contributed by atoms with Gasteiger partial charge in [-0.25, -0.2) is 0 Å². The lowest BCUT2D eigenvalue weighted by Gasteiger charge is -2.25. The highest BCUT2D eigenvalue weighted by molar-refractivity contribution is 6.07. The number of nitrogens with zero attached hydrogens (tertiary/aromatic N) is 1. The van der Waals surface area contributed by atoms with Crippen molar-refractivity contribution < 1.29 is 14.3 Å². The van der Waals surface area contributed by atoms with Gasteiger partial charge in [-0.1, -0.05) is 30.3 Å². The molecule has 4 heteroatoms. The van der Waals surface area contributed by atoms with Crippen molar-refractivity contribution in [1.82, 2.24) is 4.90 Å². The molecule has 18 heavy (non-hydrogen) atoms. The molecule has 1 heterocycles. The first kappa shape index (κ1) is 12.5. The topological polar surface area (TPSA) is 46.6 Å². The quantitative estimate of drug-likeness (QED) is 0.595. The smallest absolute Gasteiger partial charge is 0.246 e. The van der Waals surface area contributed by atoms with Crippen LogP contribution in [0.4, 0.5) is 0 Å². The van der Waals surface area contributed by atoms with Gasteiger partial charge in [-0.2, -0.15) is 0 Å². The van der Waals surface area contributed by atoms with Crippen molar-refractivity contribution >= 4 is 11.7 Å². The minimum Gasteiger partial charge on any atom is -0.378 e. The van der Waals surface area contributed by atoms with Crippen LogP contribution in [0.15, 0.2) is 42.5 Å². The van der Waals surface area contributed by atoms with E-state index in [9.17, 15) is 9.59 Å². The average molecular weight is 245 g/mol. The van der Waals surface area contributed by atoms with E-state index in [1.807, 2.05) is 6.07 Å². The van der Waals surface area contributed by atoms with E-state index in [-0.39, 0.29) is 11.7 Å². The van der Waals surface area contributed by atoms with Gasteiger partial charge in [0.05, 0.1) is 13.2 Å². The molecule has 1 saturated heterocycles. The standard InChI is InChI=1S/C14H15NO3/c16-13(12-4-2-1-3-5-12)6-7-14(17)15-8-10-18-11-9-15/h1-7H,8-11H2. The largest absolute Gasteiger partial charge is 0.378 e. The summed E-state index contributed by atoms with van der Waals surface area (Å²) < 4.78 is 5.16. The van der Waals surface area contributed by atoms with Gasteiger partial charge in [0.15, 0.2) is 5.78 Å². The first-order valence-corrected chi connectivity index (χ1v) is 5.91. The molecule has 0 aromatic heterocycles. The van der Waals surface area contributed by atoms with E-state index in [0.717, 1.165) is 0 Å². The fourth-order valence-corrected chi connectivity index (χ4v) is 1.73. The normalized spacial score (nSPS) is 15.9. The number of hydrogen-bond acceptors (Lipinski definition) is 3. The predicted molar refractivity (Wildman–Crippen MR) is 67.3 cm³/mol. The minimum atomic E-state index is -0.155. The summed E-state index contributed by atoms with van der Waals surface area (Å²) in [7, 11) is 0. The molecule has 0 unspecified atom stereocenters. The number of morpholine rings is 1. The predicted octanol–water partition coefficient (Wildman–Crippen LogP) is 1.28. The van der Waals surface area contributed by atoms with Crippen LogP contribution in [-0.4, -0.2) is 42.9 Å². The monoisotopic (exact) mass is 245 g/mol. The molecule has 0 radical (unpaired) electrons. The lowest BCUT2D eigenvalue weighted by atomic mass is 10.1. The first-order chi connectivity index (χ1) is 8.77. The highest BCUT2D eigenvalue weighted by Gasteiger charge is 2.14. The van der Waals surface area contributed by atoms with E-state index < -0.39 is 0 Å². The summed E-state index contributed by atoms with van der Waals surface area (Å²) in [5.41, 5.74) is 0.587. The number of hydrogen-bond donors (Lipinski definition) is 0. The Morgan fingerprint density at radius 1 is 1.06 bits per heavy atom. The molecule has 0 atom stereocenters. The number of rotatable bonds is 3. The van der Waals surface area contributed by atoms with E-state index in [1.165, 1.54) is 12.2 Å². The second-order valence-corrected chi connectivity index (χ2v) is 4.00.